The molecule has 0 aliphatic carbocycles. The van der Waals surface area contributed by atoms with Crippen molar-refractivity contribution in [1.29, 1.82) is 0 Å². The molecule has 192 valence electrons. The van der Waals surface area contributed by atoms with Crippen molar-refractivity contribution in [3.63, 3.8) is 0 Å². The van der Waals surface area contributed by atoms with Crippen molar-refractivity contribution in [3.05, 3.63) is 119 Å². The van der Waals surface area contributed by atoms with Crippen LogP contribution >= 0.6 is 0 Å². The van der Waals surface area contributed by atoms with E-state index in [1.54, 1.807) is 17.0 Å². The Balaban J connectivity index is 1.36. The molecule has 0 N–H and O–H groups in total. The summed E-state index contributed by atoms with van der Waals surface area (Å²) in [4.78, 5) is 14.0. The number of rotatable bonds is 5. The monoisotopic (exact) mass is 515 g/mol. The Hall–Kier alpha value is -5.05. The molecule has 0 fully saturated rings. The molecule has 6 aromatic rings. The normalized spacial score (nSPS) is 14.1. The highest BCUT2D eigenvalue weighted by Gasteiger charge is 2.38. The molecule has 0 spiro atoms. The number of fused-ring (bicyclic) bond motifs is 4. The average molecular weight is 516 g/mol. The van der Waals surface area contributed by atoms with Gasteiger partial charge in [0.25, 0.3) is 0 Å². The Morgan fingerprint density at radius 2 is 1.72 bits per heavy atom. The first-order valence-electron chi connectivity index (χ1n) is 12.7. The summed E-state index contributed by atoms with van der Waals surface area (Å²) in [6.07, 6.45) is 5.27. The van der Waals surface area contributed by atoms with Crippen LogP contribution in [0.1, 0.15) is 45.3 Å². The summed E-state index contributed by atoms with van der Waals surface area (Å²) in [7, 11) is 0. The minimum Gasteiger partial charge on any atom is -0.485 e. The van der Waals surface area contributed by atoms with E-state index < -0.39 is 0 Å². The van der Waals surface area contributed by atoms with E-state index in [4.69, 9.17) is 19.6 Å². The maximum Gasteiger partial charge on any atom is 0.230 e. The van der Waals surface area contributed by atoms with Gasteiger partial charge in [-0.15, -0.1) is 5.10 Å². The number of nitrogens with zero attached hydrogens (tertiary/aromatic N) is 7. The Labute approximate surface area is 224 Å². The zero-order valence-electron chi connectivity index (χ0n) is 21.7. The smallest absolute Gasteiger partial charge is 0.230 e. The third-order valence-electron chi connectivity index (χ3n) is 7.04. The van der Waals surface area contributed by atoms with Crippen LogP contribution in [0.4, 0.5) is 0 Å². The van der Waals surface area contributed by atoms with Gasteiger partial charge in [0.1, 0.15) is 18.7 Å². The predicted molar refractivity (Wildman–Crippen MR) is 145 cm³/mol. The topological polar surface area (TPSA) is 92.3 Å². The molecule has 0 radical (unpaired) electrons. The minimum absolute atomic E-state index is 0.233. The molecule has 9 nitrogen and oxygen atoms in total. The van der Waals surface area contributed by atoms with Gasteiger partial charge in [0.05, 0.1) is 28.4 Å². The summed E-state index contributed by atoms with van der Waals surface area (Å²) < 4.78 is 16.1. The maximum atomic E-state index is 6.47. The predicted octanol–water partition coefficient (Wildman–Crippen LogP) is 5.50. The molecule has 1 aliphatic heterocycles. The van der Waals surface area contributed by atoms with Gasteiger partial charge in [0.15, 0.2) is 11.5 Å². The molecule has 2 aromatic carbocycles. The highest BCUT2D eigenvalue weighted by atomic mass is 16.5. The number of aryl methyl sites for hydroxylation is 3. The fourth-order valence-electron chi connectivity index (χ4n) is 5.27. The lowest BCUT2D eigenvalue weighted by atomic mass is 9.85. The van der Waals surface area contributed by atoms with Gasteiger partial charge in [-0.2, -0.15) is 5.10 Å². The lowest BCUT2D eigenvalue weighted by molar-refractivity contribution is 0.292. The van der Waals surface area contributed by atoms with Crippen LogP contribution in [0, 0.1) is 20.8 Å². The van der Waals surface area contributed by atoms with E-state index in [2.05, 4.69) is 21.1 Å². The number of benzene rings is 2. The van der Waals surface area contributed by atoms with Crippen LogP contribution in [0.15, 0.2) is 79.4 Å². The first kappa shape index (κ1) is 23.1. The van der Waals surface area contributed by atoms with E-state index in [9.17, 15) is 0 Å². The Kier molecular flexibility index (Phi) is 5.36. The van der Waals surface area contributed by atoms with Gasteiger partial charge in [0, 0.05) is 12.4 Å². The molecule has 0 saturated heterocycles. The molecule has 9 heteroatoms. The average Bonchev–Trinajstić information content (AvgIpc) is 3.53. The van der Waals surface area contributed by atoms with Crippen LogP contribution in [-0.4, -0.2) is 34.3 Å². The summed E-state index contributed by atoms with van der Waals surface area (Å²) in [5, 5.41) is 9.55. The van der Waals surface area contributed by atoms with E-state index in [-0.39, 0.29) is 12.5 Å². The van der Waals surface area contributed by atoms with E-state index >= 15 is 0 Å². The van der Waals surface area contributed by atoms with Crippen LogP contribution in [0.25, 0.3) is 11.3 Å². The molecular weight excluding hydrogens is 490 g/mol. The number of hydrogen-bond donors (Lipinski definition) is 0. The molecule has 5 heterocycles. The van der Waals surface area contributed by atoms with Crippen LogP contribution in [-0.2, 0) is 6.61 Å². The van der Waals surface area contributed by atoms with Gasteiger partial charge in [-0.1, -0.05) is 42.5 Å². The zero-order valence-corrected chi connectivity index (χ0v) is 21.7. The minimum atomic E-state index is -0.248. The molecule has 7 rings (SSSR count). The standard InChI is InChI=1S/C30H25N7O2/c1-18-9-7-10-19(2)27(18)38-16-23-33-28-26-25(21-11-8-14-31-15-21)24-20(3)34-37(22-12-5-4-6-13-22)30(24)39-29(26)32-17-36(28)35-23/h4-15,17,25H,16H2,1-3H3/t25-/m0/s1. The van der Waals surface area contributed by atoms with E-state index in [1.807, 2.05) is 86.2 Å². The molecular formula is C30H25N7O2. The fraction of sp³-hybridized carbons (Fsp3) is 0.167. The number of pyridine rings is 1. The van der Waals surface area contributed by atoms with Gasteiger partial charge >= 0.3 is 0 Å². The van der Waals surface area contributed by atoms with Crippen LogP contribution in [0.2, 0.25) is 0 Å². The SMILES string of the molecule is Cc1cccc(C)c1OCc1nc2c3c(ncn2n1)Oc1c(c(C)nn1-c1ccccc1)[C@@H]3c1cccnc1. The van der Waals surface area contributed by atoms with Crippen molar-refractivity contribution in [2.24, 2.45) is 0 Å². The Morgan fingerprint density at radius 3 is 2.49 bits per heavy atom. The second-order valence-corrected chi connectivity index (χ2v) is 9.64. The molecule has 0 bridgehead atoms. The van der Waals surface area contributed by atoms with E-state index in [0.717, 1.165) is 44.9 Å². The van der Waals surface area contributed by atoms with Crippen molar-refractivity contribution in [2.45, 2.75) is 33.3 Å². The van der Waals surface area contributed by atoms with Crippen LogP contribution in [0.3, 0.4) is 0 Å². The molecule has 1 aliphatic rings. The summed E-state index contributed by atoms with van der Waals surface area (Å²) in [5.41, 5.74) is 7.32. The van der Waals surface area contributed by atoms with Gasteiger partial charge in [-0.25, -0.2) is 19.2 Å². The van der Waals surface area contributed by atoms with Crippen LogP contribution in [0.5, 0.6) is 17.5 Å². The summed E-state index contributed by atoms with van der Waals surface area (Å²) in [6.45, 7) is 6.30. The number of ether oxygens (including phenoxy) is 2. The largest absolute Gasteiger partial charge is 0.485 e. The first-order valence-corrected chi connectivity index (χ1v) is 12.7. The highest BCUT2D eigenvalue weighted by Crippen LogP contribution is 2.49. The lowest BCUT2D eigenvalue weighted by Crippen LogP contribution is -2.16. The lowest BCUT2D eigenvalue weighted by Gasteiger charge is -2.26. The number of para-hydroxylation sites is 2. The van der Waals surface area contributed by atoms with Crippen molar-refractivity contribution in [1.82, 2.24) is 34.3 Å². The van der Waals surface area contributed by atoms with Gasteiger partial charge in [-0.05, 0) is 55.7 Å². The Morgan fingerprint density at radius 1 is 0.897 bits per heavy atom. The van der Waals surface area contributed by atoms with Crippen molar-refractivity contribution in [2.75, 3.05) is 0 Å². The molecule has 0 unspecified atom stereocenters. The van der Waals surface area contributed by atoms with Crippen molar-refractivity contribution >= 4 is 5.65 Å². The summed E-state index contributed by atoms with van der Waals surface area (Å²) in [5.74, 6) is 2.26. The van der Waals surface area contributed by atoms with Gasteiger partial charge < -0.3 is 9.47 Å². The van der Waals surface area contributed by atoms with Gasteiger partial charge in [0.2, 0.25) is 11.8 Å². The summed E-state index contributed by atoms with van der Waals surface area (Å²) in [6, 6.07) is 20.0. The third-order valence-corrected chi connectivity index (χ3v) is 7.04. The van der Waals surface area contributed by atoms with Crippen molar-refractivity contribution in [3.8, 4) is 23.2 Å². The zero-order chi connectivity index (χ0) is 26.5. The molecule has 4 aromatic heterocycles. The molecule has 0 saturated carbocycles. The first-order chi connectivity index (χ1) is 19.1. The van der Waals surface area contributed by atoms with E-state index in [0.29, 0.717) is 23.2 Å². The quantitative estimate of drug-likeness (QED) is 0.299. The third kappa shape index (κ3) is 3.82. The Bertz CT molecular complexity index is 1810. The molecule has 0 amide bonds. The molecule has 39 heavy (non-hydrogen) atoms. The second-order valence-electron chi connectivity index (χ2n) is 9.64. The van der Waals surface area contributed by atoms with Crippen LogP contribution < -0.4 is 9.47 Å². The number of hydrogen-bond acceptors (Lipinski definition) is 7. The highest BCUT2D eigenvalue weighted by molar-refractivity contribution is 5.66. The van der Waals surface area contributed by atoms with E-state index in [1.165, 1.54) is 0 Å². The maximum absolute atomic E-state index is 6.47. The molecule has 1 atom stereocenters. The van der Waals surface area contributed by atoms with Gasteiger partial charge in [-0.3, -0.25) is 4.98 Å². The second kappa shape index (κ2) is 9.05. The van der Waals surface area contributed by atoms with Crippen molar-refractivity contribution < 1.29 is 9.47 Å². The summed E-state index contributed by atoms with van der Waals surface area (Å²) >= 11 is 0. The fourth-order valence-corrected chi connectivity index (χ4v) is 5.27. The number of aromatic nitrogens is 7.